The minimum atomic E-state index is -1.18. The summed E-state index contributed by atoms with van der Waals surface area (Å²) in [7, 11) is 0. The van der Waals surface area contributed by atoms with Gasteiger partial charge in [-0.25, -0.2) is 4.79 Å². The van der Waals surface area contributed by atoms with E-state index in [4.69, 9.17) is 23.2 Å². The average molecular weight is 561 g/mol. The first-order valence-electron chi connectivity index (χ1n) is 11.9. The van der Waals surface area contributed by atoms with Crippen molar-refractivity contribution in [1.29, 1.82) is 0 Å². The van der Waals surface area contributed by atoms with Crippen molar-refractivity contribution in [1.82, 2.24) is 15.2 Å². The summed E-state index contributed by atoms with van der Waals surface area (Å²) >= 11 is 12.1. The second kappa shape index (κ2) is 12.4. The van der Waals surface area contributed by atoms with Gasteiger partial charge >= 0.3 is 5.97 Å². The lowest BCUT2D eigenvalue weighted by atomic mass is 10.0. The number of halogens is 2. The molecule has 4 rings (SSSR count). The number of nitrogens with one attached hydrogen (secondary N) is 4. The summed E-state index contributed by atoms with van der Waals surface area (Å²) in [5.41, 5.74) is -0.136. The molecule has 13 heteroatoms. The number of piperazine rings is 1. The van der Waals surface area contributed by atoms with Crippen molar-refractivity contribution in [2.24, 2.45) is 0 Å². The van der Waals surface area contributed by atoms with Crippen molar-refractivity contribution in [3.8, 4) is 0 Å². The van der Waals surface area contributed by atoms with Gasteiger partial charge in [0.15, 0.2) is 0 Å². The Morgan fingerprint density at radius 3 is 2.29 bits per heavy atom. The van der Waals surface area contributed by atoms with Crippen molar-refractivity contribution >= 4 is 52.1 Å². The van der Waals surface area contributed by atoms with E-state index in [1.54, 1.807) is 24.3 Å². The Kier molecular flexibility index (Phi) is 8.95. The molecule has 1 fully saturated rings. The molecule has 1 saturated heterocycles. The largest absolute Gasteiger partial charge is 0.480 e. The summed E-state index contributed by atoms with van der Waals surface area (Å²) in [6.07, 6.45) is 2.66. The van der Waals surface area contributed by atoms with Gasteiger partial charge in [0.05, 0.1) is 15.6 Å². The number of benzene rings is 1. The third kappa shape index (κ3) is 6.48. The number of nitrogens with zero attached hydrogens (tertiary/aromatic N) is 2. The summed E-state index contributed by atoms with van der Waals surface area (Å²) < 4.78 is 0. The molecule has 5 N–H and O–H groups in total. The first-order valence-corrected chi connectivity index (χ1v) is 12.7. The SMILES string of the molecule is O=C(Nc1ccc(C[C@H](Nc2c(NCCN3CCNCC3)c(=O)c2=O)C(=O)O)cc1)c1c(Cl)cncc1Cl. The van der Waals surface area contributed by atoms with Crippen LogP contribution in [-0.4, -0.2) is 72.2 Å². The second-order valence-corrected chi connectivity index (χ2v) is 9.61. The van der Waals surface area contributed by atoms with Gasteiger partial charge in [0.1, 0.15) is 17.4 Å². The number of carboxylic acids is 1. The zero-order valence-electron chi connectivity index (χ0n) is 20.2. The van der Waals surface area contributed by atoms with E-state index >= 15 is 0 Å². The molecular weight excluding hydrogens is 535 g/mol. The zero-order valence-corrected chi connectivity index (χ0v) is 21.7. The molecule has 38 heavy (non-hydrogen) atoms. The van der Waals surface area contributed by atoms with Gasteiger partial charge < -0.3 is 26.4 Å². The zero-order chi connectivity index (χ0) is 27.2. The van der Waals surface area contributed by atoms with Crippen molar-refractivity contribution in [3.05, 3.63) is 78.3 Å². The van der Waals surface area contributed by atoms with Crippen molar-refractivity contribution in [2.75, 3.05) is 55.2 Å². The van der Waals surface area contributed by atoms with E-state index in [2.05, 4.69) is 31.2 Å². The molecule has 0 radical (unpaired) electrons. The van der Waals surface area contributed by atoms with E-state index in [1.807, 2.05) is 0 Å². The van der Waals surface area contributed by atoms with E-state index < -0.39 is 28.8 Å². The second-order valence-electron chi connectivity index (χ2n) is 8.80. The molecule has 1 amide bonds. The van der Waals surface area contributed by atoms with Crippen LogP contribution >= 0.6 is 23.2 Å². The summed E-state index contributed by atoms with van der Waals surface area (Å²) in [6.45, 7) is 4.74. The Bertz CT molecular complexity index is 1360. The highest BCUT2D eigenvalue weighted by atomic mass is 35.5. The van der Waals surface area contributed by atoms with E-state index in [1.165, 1.54) is 12.4 Å². The van der Waals surface area contributed by atoms with Crippen LogP contribution in [0.4, 0.5) is 17.1 Å². The normalized spacial score (nSPS) is 14.7. The molecule has 1 atom stereocenters. The van der Waals surface area contributed by atoms with Crippen molar-refractivity contribution < 1.29 is 14.7 Å². The Hall–Kier alpha value is -3.51. The number of hydrogen-bond donors (Lipinski definition) is 5. The lowest BCUT2D eigenvalue weighted by molar-refractivity contribution is -0.137. The molecular formula is C25H26Cl2N6O5. The maximum atomic E-state index is 12.6. The molecule has 0 unspecified atom stereocenters. The van der Waals surface area contributed by atoms with Crippen LogP contribution < -0.4 is 32.1 Å². The van der Waals surface area contributed by atoms with Crippen LogP contribution in [0.1, 0.15) is 15.9 Å². The molecule has 11 nitrogen and oxygen atoms in total. The number of aromatic nitrogens is 1. The quantitative estimate of drug-likeness (QED) is 0.219. The molecule has 3 aromatic rings. The van der Waals surface area contributed by atoms with Gasteiger partial charge in [-0.2, -0.15) is 0 Å². The standard InChI is InChI=1S/C25H26Cl2N6O5/c26-16-12-29-13-17(27)19(16)24(36)31-15-3-1-14(2-4-15)11-18(25(37)38)32-21-20(22(34)23(21)35)30-7-10-33-8-5-28-6-9-33/h1-4,12-13,18,28,30,32H,5-11H2,(H,31,36)(H,37,38)/t18-/m0/s1. The maximum absolute atomic E-state index is 12.6. The number of pyridine rings is 1. The highest BCUT2D eigenvalue weighted by molar-refractivity contribution is 6.40. The van der Waals surface area contributed by atoms with Crippen LogP contribution in [0, 0.1) is 0 Å². The summed E-state index contributed by atoms with van der Waals surface area (Å²) in [5, 5.41) is 21.6. The lowest BCUT2D eigenvalue weighted by Gasteiger charge is -2.27. The molecule has 0 aliphatic carbocycles. The molecule has 2 aromatic carbocycles. The average Bonchev–Trinajstić information content (AvgIpc) is 2.90. The van der Waals surface area contributed by atoms with Gasteiger partial charge in [-0.05, 0) is 17.7 Å². The first kappa shape index (κ1) is 27.5. The Morgan fingerprint density at radius 2 is 1.66 bits per heavy atom. The highest BCUT2D eigenvalue weighted by Crippen LogP contribution is 2.24. The predicted octanol–water partition coefficient (Wildman–Crippen LogP) is 1.66. The van der Waals surface area contributed by atoms with E-state index in [0.717, 1.165) is 26.2 Å². The third-order valence-electron chi connectivity index (χ3n) is 6.20. The molecule has 2 heterocycles. The molecule has 1 aromatic heterocycles. The Balaban J connectivity index is 1.37. The van der Waals surface area contributed by atoms with E-state index in [9.17, 15) is 24.3 Å². The monoisotopic (exact) mass is 560 g/mol. The maximum Gasteiger partial charge on any atom is 0.326 e. The number of rotatable bonds is 11. The van der Waals surface area contributed by atoms with Crippen LogP contribution in [0.2, 0.25) is 10.0 Å². The molecule has 1 aliphatic heterocycles. The van der Waals surface area contributed by atoms with E-state index in [-0.39, 0.29) is 33.4 Å². The van der Waals surface area contributed by atoms with Crippen LogP contribution in [0.15, 0.2) is 46.2 Å². The number of carbonyl (C=O) groups excluding carboxylic acids is 1. The van der Waals surface area contributed by atoms with Crippen LogP contribution in [0.5, 0.6) is 0 Å². The van der Waals surface area contributed by atoms with Crippen LogP contribution in [0.3, 0.4) is 0 Å². The summed E-state index contributed by atoms with van der Waals surface area (Å²) in [5.74, 6) is -1.69. The number of anilines is 3. The van der Waals surface area contributed by atoms with Crippen LogP contribution in [-0.2, 0) is 11.2 Å². The van der Waals surface area contributed by atoms with Gasteiger partial charge in [-0.3, -0.25) is 24.3 Å². The number of carboxylic acid groups (broad SMARTS) is 1. The number of carbonyl (C=O) groups is 2. The minimum absolute atomic E-state index is 0.0160. The Morgan fingerprint density at radius 1 is 1.03 bits per heavy atom. The van der Waals surface area contributed by atoms with Gasteiger partial charge in [0, 0.05) is 63.8 Å². The fourth-order valence-electron chi connectivity index (χ4n) is 4.13. The predicted molar refractivity (Wildman–Crippen MR) is 147 cm³/mol. The smallest absolute Gasteiger partial charge is 0.326 e. The molecule has 0 saturated carbocycles. The fraction of sp³-hybridized carbons (Fsp3) is 0.320. The molecule has 200 valence electrons. The highest BCUT2D eigenvalue weighted by Gasteiger charge is 2.27. The van der Waals surface area contributed by atoms with Gasteiger partial charge in [-0.1, -0.05) is 35.3 Å². The molecule has 1 aliphatic rings. The summed E-state index contributed by atoms with van der Waals surface area (Å²) in [4.78, 5) is 54.8. The fourth-order valence-corrected chi connectivity index (χ4v) is 4.66. The Labute approximate surface area is 227 Å². The van der Waals surface area contributed by atoms with Crippen LogP contribution in [0.25, 0.3) is 0 Å². The van der Waals surface area contributed by atoms with E-state index in [0.29, 0.717) is 24.3 Å². The van der Waals surface area contributed by atoms with Gasteiger partial charge in [-0.15, -0.1) is 0 Å². The number of amides is 1. The lowest BCUT2D eigenvalue weighted by Crippen LogP contribution is -2.46. The topological polar surface area (TPSA) is 153 Å². The molecule has 0 bridgehead atoms. The van der Waals surface area contributed by atoms with Gasteiger partial charge in [0.2, 0.25) is 0 Å². The third-order valence-corrected chi connectivity index (χ3v) is 6.77. The number of hydrogen-bond acceptors (Lipinski definition) is 9. The van der Waals surface area contributed by atoms with Crippen molar-refractivity contribution in [3.63, 3.8) is 0 Å². The van der Waals surface area contributed by atoms with Crippen molar-refractivity contribution in [2.45, 2.75) is 12.5 Å². The van der Waals surface area contributed by atoms with Gasteiger partial charge in [0.25, 0.3) is 16.8 Å². The first-order chi connectivity index (χ1) is 18.2. The summed E-state index contributed by atoms with van der Waals surface area (Å²) in [6, 6.07) is 5.36. The minimum Gasteiger partial charge on any atom is -0.480 e. The molecule has 0 spiro atoms. The number of aliphatic carboxylic acids is 1.